The van der Waals surface area contributed by atoms with Crippen molar-refractivity contribution in [1.29, 1.82) is 0 Å². The van der Waals surface area contributed by atoms with Crippen molar-refractivity contribution < 1.29 is 31.1 Å². The van der Waals surface area contributed by atoms with Gasteiger partial charge in [0.05, 0.1) is 0 Å². The number of hydrogen-bond donors (Lipinski definition) is 2. The first kappa shape index (κ1) is 17.1. The van der Waals surface area contributed by atoms with E-state index in [1.165, 1.54) is 27.0 Å². The van der Waals surface area contributed by atoms with Gasteiger partial charge in [-0.2, -0.15) is 0 Å². The quantitative estimate of drug-likeness (QED) is 0.597. The Morgan fingerprint density at radius 3 is 1.71 bits per heavy atom. The van der Waals surface area contributed by atoms with Gasteiger partial charge >= 0.3 is 26.4 Å². The first-order chi connectivity index (χ1) is 7.66. The van der Waals surface area contributed by atoms with Crippen molar-refractivity contribution in [2.75, 3.05) is 21.3 Å². The third kappa shape index (κ3) is 5.52. The zero-order valence-corrected chi connectivity index (χ0v) is 13.7. The van der Waals surface area contributed by atoms with Crippen molar-refractivity contribution in [3.8, 4) is 0 Å². The Kier molecular flexibility index (Phi) is 6.37. The van der Waals surface area contributed by atoms with Crippen molar-refractivity contribution >= 4 is 26.4 Å². The summed E-state index contributed by atoms with van der Waals surface area (Å²) in [5.74, 6) is 0. The van der Waals surface area contributed by atoms with Crippen LogP contribution in [0.1, 0.15) is 0 Å². The molecule has 7 nitrogen and oxygen atoms in total. The van der Waals surface area contributed by atoms with Crippen LogP contribution in [0.25, 0.3) is 0 Å². The van der Waals surface area contributed by atoms with Gasteiger partial charge < -0.3 is 31.1 Å². The van der Waals surface area contributed by atoms with Crippen molar-refractivity contribution in [2.45, 2.75) is 13.1 Å². The fourth-order valence-electron chi connectivity index (χ4n) is 1.02. The summed E-state index contributed by atoms with van der Waals surface area (Å²) in [5, 5.41) is 0. The fourth-order valence-corrected chi connectivity index (χ4v) is 8.53. The molecule has 2 N–H and O–H groups in total. The first-order valence-electron chi connectivity index (χ1n) is 4.80. The van der Waals surface area contributed by atoms with Crippen molar-refractivity contribution in [3.63, 3.8) is 0 Å². The average molecular weight is 300 g/mol. The molecule has 1 unspecified atom stereocenters. The van der Waals surface area contributed by atoms with Gasteiger partial charge in [0, 0.05) is 21.3 Å². The molecule has 0 amide bonds. The molecule has 0 aliphatic carbocycles. The summed E-state index contributed by atoms with van der Waals surface area (Å²) in [4.78, 5) is 19.7. The van der Waals surface area contributed by atoms with Gasteiger partial charge in [-0.3, -0.25) is 0 Å². The molecule has 0 saturated heterocycles. The normalized spacial score (nSPS) is 16.6. The Labute approximate surface area is 105 Å². The van der Waals surface area contributed by atoms with Crippen molar-refractivity contribution in [3.05, 3.63) is 12.3 Å². The average Bonchev–Trinajstić information content (AvgIpc) is 2.27. The molecule has 17 heavy (non-hydrogen) atoms. The molecule has 10 heteroatoms. The molecule has 102 valence electrons. The van der Waals surface area contributed by atoms with E-state index in [-0.39, 0.29) is 0 Å². The van der Waals surface area contributed by atoms with Gasteiger partial charge in [0.15, 0.2) is 0 Å². The lowest BCUT2D eigenvalue weighted by molar-refractivity contribution is 0.0578. The highest BCUT2D eigenvalue weighted by molar-refractivity contribution is 6.82. The Balaban J connectivity index is 4.74. The maximum atomic E-state index is 9.89. The van der Waals surface area contributed by atoms with Gasteiger partial charge in [0.2, 0.25) is 0 Å². The van der Waals surface area contributed by atoms with E-state index in [4.69, 9.17) is 21.5 Å². The third-order valence-electron chi connectivity index (χ3n) is 1.83. The lowest BCUT2D eigenvalue weighted by Gasteiger charge is -2.33. The van der Waals surface area contributed by atoms with Crippen LogP contribution in [0, 0.1) is 0 Å². The van der Waals surface area contributed by atoms with Crippen LogP contribution in [0.5, 0.6) is 0 Å². The van der Waals surface area contributed by atoms with Gasteiger partial charge in [-0.05, 0) is 18.8 Å². The maximum Gasteiger partial charge on any atom is 0.667 e. The highest BCUT2D eigenvalue weighted by Gasteiger charge is 2.50. The smallest absolute Gasteiger partial charge is 0.390 e. The minimum Gasteiger partial charge on any atom is -0.390 e. The SMILES string of the molecule is C=C[Si](O)(OC)O[Si](C)(C)O[Si](O)(OC)OC. The van der Waals surface area contributed by atoms with Crippen LogP contribution in [0.15, 0.2) is 12.3 Å². The zero-order chi connectivity index (χ0) is 13.7. The van der Waals surface area contributed by atoms with E-state index in [1.54, 1.807) is 13.1 Å². The highest BCUT2D eigenvalue weighted by Crippen LogP contribution is 2.19. The molecule has 0 spiro atoms. The van der Waals surface area contributed by atoms with Crippen LogP contribution in [0.2, 0.25) is 13.1 Å². The Morgan fingerprint density at radius 2 is 1.41 bits per heavy atom. The molecule has 0 aromatic heterocycles. The molecule has 0 heterocycles. The molecule has 1 atom stereocenters. The van der Waals surface area contributed by atoms with Gasteiger partial charge in [-0.15, -0.1) is 0 Å². The highest BCUT2D eigenvalue weighted by atomic mass is 28.5. The standard InChI is InChI=1S/C7H20O7Si3/c1-7-16(8,10-2)13-15(5,6)14-17(9,11-3)12-4/h7-9H,1H2,2-6H3. The number of rotatable bonds is 8. The molecular formula is C7H20O7Si3. The van der Waals surface area contributed by atoms with Gasteiger partial charge in [0.1, 0.15) is 0 Å². The van der Waals surface area contributed by atoms with Gasteiger partial charge in [-0.1, -0.05) is 6.58 Å². The van der Waals surface area contributed by atoms with Gasteiger partial charge in [-0.25, -0.2) is 0 Å². The van der Waals surface area contributed by atoms with E-state index < -0.39 is 26.4 Å². The molecule has 0 fully saturated rings. The second kappa shape index (κ2) is 6.33. The molecule has 0 saturated carbocycles. The van der Waals surface area contributed by atoms with E-state index >= 15 is 0 Å². The van der Waals surface area contributed by atoms with E-state index in [1.807, 2.05) is 0 Å². The molecule has 0 bridgehead atoms. The van der Waals surface area contributed by atoms with Crippen molar-refractivity contribution in [1.82, 2.24) is 0 Å². The topological polar surface area (TPSA) is 86.6 Å². The molecule has 0 aliphatic heterocycles. The van der Waals surface area contributed by atoms with Crippen LogP contribution < -0.4 is 0 Å². The molecule has 0 aliphatic rings. The Hall–Kier alpha value is 0.111. The Bertz CT molecular complexity index is 258. The predicted molar refractivity (Wildman–Crippen MR) is 66.8 cm³/mol. The summed E-state index contributed by atoms with van der Waals surface area (Å²) in [6.07, 6.45) is 0. The lowest BCUT2D eigenvalue weighted by Crippen LogP contribution is -2.58. The summed E-state index contributed by atoms with van der Waals surface area (Å²) in [6, 6.07) is 0. The zero-order valence-electron chi connectivity index (χ0n) is 10.7. The second-order valence-electron chi connectivity index (χ2n) is 3.58. The van der Waals surface area contributed by atoms with Crippen molar-refractivity contribution in [2.24, 2.45) is 0 Å². The van der Waals surface area contributed by atoms with Gasteiger partial charge in [0.25, 0.3) is 0 Å². The van der Waals surface area contributed by atoms with Crippen LogP contribution >= 0.6 is 0 Å². The predicted octanol–water partition coefficient (Wildman–Crippen LogP) is -0.255. The summed E-state index contributed by atoms with van der Waals surface area (Å²) >= 11 is 0. The molecule has 0 radical (unpaired) electrons. The maximum absolute atomic E-state index is 9.89. The first-order valence-corrected chi connectivity index (χ1v) is 11.1. The Morgan fingerprint density at radius 1 is 0.941 bits per heavy atom. The van der Waals surface area contributed by atoms with Crippen LogP contribution in [-0.4, -0.2) is 57.3 Å². The monoisotopic (exact) mass is 300 g/mol. The molecule has 0 aromatic carbocycles. The third-order valence-corrected chi connectivity index (χ3v) is 10.1. The van der Waals surface area contributed by atoms with E-state index in [0.717, 1.165) is 0 Å². The van der Waals surface area contributed by atoms with E-state index in [0.29, 0.717) is 0 Å². The van der Waals surface area contributed by atoms with Crippen LogP contribution in [0.3, 0.4) is 0 Å². The molecule has 0 aromatic rings. The van der Waals surface area contributed by atoms with Crippen LogP contribution in [0.4, 0.5) is 0 Å². The number of hydrogen-bond acceptors (Lipinski definition) is 7. The minimum absolute atomic E-state index is 1.21. The summed E-state index contributed by atoms with van der Waals surface area (Å²) in [6.45, 7) is 6.70. The molecular weight excluding hydrogens is 280 g/mol. The largest absolute Gasteiger partial charge is 0.667 e. The fraction of sp³-hybridized carbons (Fsp3) is 0.714. The van der Waals surface area contributed by atoms with Crippen LogP contribution in [-0.2, 0) is 21.5 Å². The summed E-state index contributed by atoms with van der Waals surface area (Å²) < 4.78 is 25.2. The van der Waals surface area contributed by atoms with E-state index in [9.17, 15) is 9.59 Å². The second-order valence-corrected chi connectivity index (χ2v) is 11.9. The van der Waals surface area contributed by atoms with E-state index in [2.05, 4.69) is 6.58 Å². The summed E-state index contributed by atoms with van der Waals surface area (Å²) in [5.41, 5.74) is 1.21. The lowest BCUT2D eigenvalue weighted by atomic mass is 11.3. The summed E-state index contributed by atoms with van der Waals surface area (Å²) in [7, 11) is -6.18. The molecule has 0 rings (SSSR count). The minimum atomic E-state index is -3.70.